The molecular weight excluding hydrogens is 358 g/mol. The molecule has 0 radical (unpaired) electrons. The van der Waals surface area contributed by atoms with Crippen molar-refractivity contribution in [1.82, 2.24) is 4.57 Å². The number of amides is 1. The molecule has 0 aliphatic rings. The number of carbonyl (C=O) groups excluding carboxylic acids is 1. The summed E-state index contributed by atoms with van der Waals surface area (Å²) in [5, 5.41) is 3.69. The minimum atomic E-state index is -1.05. The van der Waals surface area contributed by atoms with Crippen LogP contribution >= 0.6 is 0 Å². The summed E-state index contributed by atoms with van der Waals surface area (Å²) in [5.41, 5.74) is 4.00. The van der Waals surface area contributed by atoms with Gasteiger partial charge in [-0.15, -0.1) is 0 Å². The second-order valence-corrected chi connectivity index (χ2v) is 6.76. The van der Waals surface area contributed by atoms with E-state index in [-0.39, 0.29) is 5.56 Å². The Kier molecular flexibility index (Phi) is 4.65. The fourth-order valence-corrected chi connectivity index (χ4v) is 3.20. The van der Waals surface area contributed by atoms with Crippen LogP contribution in [0.3, 0.4) is 0 Å². The smallest absolute Gasteiger partial charge is 0.255 e. The van der Waals surface area contributed by atoms with Crippen LogP contribution in [0.15, 0.2) is 72.9 Å². The first-order chi connectivity index (χ1) is 13.5. The van der Waals surface area contributed by atoms with Crippen molar-refractivity contribution >= 4 is 22.5 Å². The van der Waals surface area contributed by atoms with Gasteiger partial charge in [-0.25, -0.2) is 8.78 Å². The number of anilines is 1. The average molecular weight is 376 g/mol. The summed E-state index contributed by atoms with van der Waals surface area (Å²) >= 11 is 0. The molecule has 0 aliphatic heterocycles. The van der Waals surface area contributed by atoms with Gasteiger partial charge in [-0.1, -0.05) is 48.0 Å². The second-order valence-electron chi connectivity index (χ2n) is 6.76. The molecule has 3 nitrogen and oxygen atoms in total. The molecule has 0 saturated carbocycles. The van der Waals surface area contributed by atoms with E-state index in [2.05, 4.69) is 34.1 Å². The minimum Gasteiger partial charge on any atom is -0.341 e. The third-order valence-corrected chi connectivity index (χ3v) is 4.69. The number of nitrogens with zero attached hydrogens (tertiary/aromatic N) is 1. The number of hydrogen-bond acceptors (Lipinski definition) is 1. The van der Waals surface area contributed by atoms with Gasteiger partial charge in [0.25, 0.3) is 5.91 Å². The number of hydrogen-bond donors (Lipinski definition) is 1. The molecule has 1 heterocycles. The number of halogens is 2. The van der Waals surface area contributed by atoms with Gasteiger partial charge < -0.3 is 9.88 Å². The summed E-state index contributed by atoms with van der Waals surface area (Å²) in [7, 11) is 0. The molecule has 1 aromatic heterocycles. The molecule has 0 unspecified atom stereocenters. The molecule has 4 aromatic rings. The molecule has 1 N–H and O–H groups in total. The Bertz CT molecular complexity index is 1160. The summed E-state index contributed by atoms with van der Waals surface area (Å²) < 4.78 is 28.6. The van der Waals surface area contributed by atoms with Crippen LogP contribution in [0.25, 0.3) is 10.9 Å². The van der Waals surface area contributed by atoms with Crippen LogP contribution in [0.1, 0.15) is 21.5 Å². The molecule has 0 bridgehead atoms. The fourth-order valence-electron chi connectivity index (χ4n) is 3.20. The van der Waals surface area contributed by atoms with Gasteiger partial charge in [0.15, 0.2) is 11.6 Å². The molecular formula is C23H18F2N2O. The van der Waals surface area contributed by atoms with E-state index in [4.69, 9.17) is 0 Å². The van der Waals surface area contributed by atoms with E-state index < -0.39 is 17.5 Å². The molecule has 0 aliphatic carbocycles. The van der Waals surface area contributed by atoms with Gasteiger partial charge in [-0.2, -0.15) is 0 Å². The van der Waals surface area contributed by atoms with Crippen LogP contribution in [0.5, 0.6) is 0 Å². The highest BCUT2D eigenvalue weighted by molar-refractivity contribution is 6.09. The second kappa shape index (κ2) is 7.27. The van der Waals surface area contributed by atoms with E-state index >= 15 is 0 Å². The van der Waals surface area contributed by atoms with Crippen molar-refractivity contribution in [2.45, 2.75) is 13.5 Å². The molecule has 140 valence electrons. The van der Waals surface area contributed by atoms with Crippen molar-refractivity contribution in [1.29, 1.82) is 0 Å². The van der Waals surface area contributed by atoms with Gasteiger partial charge in [0.05, 0.1) is 11.2 Å². The van der Waals surface area contributed by atoms with E-state index in [1.165, 1.54) is 11.6 Å². The van der Waals surface area contributed by atoms with E-state index in [9.17, 15) is 13.6 Å². The zero-order valence-corrected chi connectivity index (χ0v) is 15.2. The lowest BCUT2D eigenvalue weighted by Gasteiger charge is -2.06. The van der Waals surface area contributed by atoms with Crippen LogP contribution in [0, 0.1) is 18.6 Å². The predicted molar refractivity (Wildman–Crippen MR) is 107 cm³/mol. The molecule has 0 saturated heterocycles. The molecule has 4 rings (SSSR count). The van der Waals surface area contributed by atoms with Gasteiger partial charge in [0.1, 0.15) is 0 Å². The molecule has 0 spiro atoms. The number of aromatic nitrogens is 1. The van der Waals surface area contributed by atoms with Crippen molar-refractivity contribution in [2.24, 2.45) is 0 Å². The van der Waals surface area contributed by atoms with Crippen molar-refractivity contribution < 1.29 is 13.6 Å². The topological polar surface area (TPSA) is 34.0 Å². The molecule has 0 fully saturated rings. The van der Waals surface area contributed by atoms with E-state index in [0.29, 0.717) is 12.2 Å². The normalized spacial score (nSPS) is 11.0. The van der Waals surface area contributed by atoms with E-state index in [1.807, 2.05) is 37.4 Å². The summed E-state index contributed by atoms with van der Waals surface area (Å²) in [4.78, 5) is 12.5. The van der Waals surface area contributed by atoms with Crippen LogP contribution in [-0.2, 0) is 6.54 Å². The molecule has 1 amide bonds. The Labute approximate surface area is 161 Å². The quantitative estimate of drug-likeness (QED) is 0.499. The van der Waals surface area contributed by atoms with Gasteiger partial charge in [-0.05, 0) is 36.8 Å². The van der Waals surface area contributed by atoms with Crippen molar-refractivity contribution in [3.05, 3.63) is 101 Å². The number of para-hydroxylation sites is 1. The Hall–Kier alpha value is -3.47. The highest BCUT2D eigenvalue weighted by Gasteiger charge is 2.14. The first-order valence-corrected chi connectivity index (χ1v) is 8.91. The van der Waals surface area contributed by atoms with E-state index in [0.717, 1.165) is 28.6 Å². The van der Waals surface area contributed by atoms with Gasteiger partial charge >= 0.3 is 0 Å². The lowest BCUT2D eigenvalue weighted by Crippen LogP contribution is -2.12. The maximum atomic E-state index is 13.4. The Balaban J connectivity index is 1.66. The third kappa shape index (κ3) is 3.51. The fraction of sp³-hybridized carbons (Fsp3) is 0.0870. The number of aryl methyl sites for hydroxylation is 1. The molecule has 0 atom stereocenters. The van der Waals surface area contributed by atoms with Crippen LogP contribution in [0.2, 0.25) is 0 Å². The van der Waals surface area contributed by atoms with Crippen molar-refractivity contribution in [3.63, 3.8) is 0 Å². The summed E-state index contributed by atoms with van der Waals surface area (Å²) in [6.45, 7) is 2.70. The van der Waals surface area contributed by atoms with Crippen molar-refractivity contribution in [3.8, 4) is 0 Å². The largest absolute Gasteiger partial charge is 0.341 e. The molecule has 3 aromatic carbocycles. The number of rotatable bonds is 4. The average Bonchev–Trinajstić information content (AvgIpc) is 3.03. The Morgan fingerprint density at radius 3 is 2.46 bits per heavy atom. The van der Waals surface area contributed by atoms with E-state index in [1.54, 1.807) is 0 Å². The van der Waals surface area contributed by atoms with Crippen LogP contribution < -0.4 is 5.32 Å². The van der Waals surface area contributed by atoms with Gasteiger partial charge in [0, 0.05) is 23.7 Å². The van der Waals surface area contributed by atoms with Crippen molar-refractivity contribution in [2.75, 3.05) is 5.32 Å². The number of benzene rings is 3. The Morgan fingerprint density at radius 1 is 0.964 bits per heavy atom. The van der Waals surface area contributed by atoms with Gasteiger partial charge in [-0.3, -0.25) is 4.79 Å². The first kappa shape index (κ1) is 17.9. The Morgan fingerprint density at radius 2 is 1.71 bits per heavy atom. The standard InChI is InChI=1S/C23H18F2N2O/c1-15-6-8-16(9-7-15)13-27-14-21(18-4-2-3-5-22(18)27)26-23(28)17-10-11-19(24)20(25)12-17/h2-12,14H,13H2,1H3,(H,26,28). The first-order valence-electron chi connectivity index (χ1n) is 8.91. The third-order valence-electron chi connectivity index (χ3n) is 4.69. The maximum Gasteiger partial charge on any atom is 0.255 e. The lowest BCUT2D eigenvalue weighted by molar-refractivity contribution is 0.102. The molecule has 28 heavy (non-hydrogen) atoms. The highest BCUT2D eigenvalue weighted by Crippen LogP contribution is 2.27. The SMILES string of the molecule is Cc1ccc(Cn2cc(NC(=O)c3ccc(F)c(F)c3)c3ccccc32)cc1. The zero-order chi connectivity index (χ0) is 19.7. The number of fused-ring (bicyclic) bond motifs is 1. The maximum absolute atomic E-state index is 13.4. The lowest BCUT2D eigenvalue weighted by atomic mass is 10.1. The predicted octanol–water partition coefficient (Wildman–Crippen LogP) is 5.53. The zero-order valence-electron chi connectivity index (χ0n) is 15.2. The van der Waals surface area contributed by atoms with Crippen LogP contribution in [0.4, 0.5) is 14.5 Å². The van der Waals surface area contributed by atoms with Crippen LogP contribution in [-0.4, -0.2) is 10.5 Å². The minimum absolute atomic E-state index is 0.0641. The molecule has 5 heteroatoms. The highest BCUT2D eigenvalue weighted by atomic mass is 19.2. The summed E-state index contributed by atoms with van der Waals surface area (Å²) in [6, 6.07) is 19.1. The number of nitrogens with one attached hydrogen (secondary N) is 1. The van der Waals surface area contributed by atoms with Gasteiger partial charge in [0.2, 0.25) is 0 Å². The summed E-state index contributed by atoms with van der Waals surface area (Å²) in [5.74, 6) is -2.52. The number of carbonyl (C=O) groups is 1. The summed E-state index contributed by atoms with van der Waals surface area (Å²) in [6.07, 6.45) is 1.86. The monoisotopic (exact) mass is 376 g/mol.